The summed E-state index contributed by atoms with van der Waals surface area (Å²) in [5.74, 6) is -5.28. The van der Waals surface area contributed by atoms with E-state index in [9.17, 15) is 28.8 Å². The lowest BCUT2D eigenvalue weighted by Crippen LogP contribution is -2.52. The fourth-order valence-corrected chi connectivity index (χ4v) is 2.42. The van der Waals surface area contributed by atoms with Crippen LogP contribution in [-0.2, 0) is 47.7 Å². The summed E-state index contributed by atoms with van der Waals surface area (Å²) >= 11 is 0. The average molecular weight is 460 g/mol. The van der Waals surface area contributed by atoms with Gasteiger partial charge in [-0.3, -0.25) is 19.2 Å². The van der Waals surface area contributed by atoms with Gasteiger partial charge < -0.3 is 29.6 Å². The average Bonchev–Trinajstić information content (AvgIpc) is 2.74. The van der Waals surface area contributed by atoms with E-state index in [1.807, 2.05) is 0 Å². The van der Waals surface area contributed by atoms with E-state index in [1.54, 1.807) is 27.7 Å². The molecular formula is C20H32N2O10. The van der Waals surface area contributed by atoms with Crippen LogP contribution in [0, 0.1) is 0 Å². The maximum Gasteiger partial charge on any atom is 0.328 e. The maximum absolute atomic E-state index is 12.3. The van der Waals surface area contributed by atoms with Crippen LogP contribution in [0.4, 0.5) is 0 Å². The lowest BCUT2D eigenvalue weighted by molar-refractivity contribution is -0.152. The van der Waals surface area contributed by atoms with Crippen molar-refractivity contribution in [3.8, 4) is 0 Å². The number of nitrogens with one attached hydrogen (secondary N) is 2. The van der Waals surface area contributed by atoms with Crippen molar-refractivity contribution in [2.24, 2.45) is 0 Å². The van der Waals surface area contributed by atoms with Gasteiger partial charge in [-0.1, -0.05) is 0 Å². The van der Waals surface area contributed by atoms with Crippen LogP contribution in [0.1, 0.15) is 53.4 Å². The summed E-state index contributed by atoms with van der Waals surface area (Å²) in [5.41, 5.74) is 0. The van der Waals surface area contributed by atoms with E-state index in [-0.39, 0.29) is 52.1 Å². The highest BCUT2D eigenvalue weighted by Crippen LogP contribution is 2.05. The lowest BCUT2D eigenvalue weighted by atomic mass is 10.1. The van der Waals surface area contributed by atoms with E-state index in [0.29, 0.717) is 0 Å². The van der Waals surface area contributed by atoms with Gasteiger partial charge in [0.1, 0.15) is 12.1 Å². The zero-order valence-electron chi connectivity index (χ0n) is 18.9. The quantitative estimate of drug-likeness (QED) is 0.201. The number of hydrogen-bond acceptors (Lipinski definition) is 10. The molecule has 0 spiro atoms. The molecule has 0 bridgehead atoms. The van der Waals surface area contributed by atoms with E-state index in [1.165, 1.54) is 0 Å². The molecule has 0 aliphatic rings. The number of hydrogen-bond donors (Lipinski definition) is 2. The molecule has 0 aliphatic carbocycles. The molecule has 2 unspecified atom stereocenters. The van der Waals surface area contributed by atoms with Gasteiger partial charge in [0.05, 0.1) is 26.4 Å². The van der Waals surface area contributed by atoms with Crippen LogP contribution in [0.2, 0.25) is 0 Å². The first-order valence-electron chi connectivity index (χ1n) is 10.5. The third-order valence-corrected chi connectivity index (χ3v) is 3.84. The minimum atomic E-state index is -1.28. The normalized spacial score (nSPS) is 12.0. The Morgan fingerprint density at radius 2 is 0.875 bits per heavy atom. The number of rotatable bonds is 14. The van der Waals surface area contributed by atoms with Crippen LogP contribution in [0.15, 0.2) is 0 Å². The second-order valence-corrected chi connectivity index (χ2v) is 6.24. The fourth-order valence-electron chi connectivity index (χ4n) is 2.42. The second kappa shape index (κ2) is 16.5. The summed E-state index contributed by atoms with van der Waals surface area (Å²) in [6.45, 7) is 6.71. The van der Waals surface area contributed by atoms with E-state index in [0.717, 1.165) is 0 Å². The number of esters is 4. The van der Waals surface area contributed by atoms with E-state index in [2.05, 4.69) is 10.6 Å². The molecular weight excluding hydrogens is 428 g/mol. The summed E-state index contributed by atoms with van der Waals surface area (Å²) < 4.78 is 19.3. The minimum absolute atomic E-state index is 0.0234. The van der Waals surface area contributed by atoms with E-state index >= 15 is 0 Å². The molecule has 0 aromatic heterocycles. The summed E-state index contributed by atoms with van der Waals surface area (Å²) in [7, 11) is 0. The van der Waals surface area contributed by atoms with Crippen LogP contribution in [0.25, 0.3) is 0 Å². The van der Waals surface area contributed by atoms with Gasteiger partial charge in [0.25, 0.3) is 0 Å². The largest absolute Gasteiger partial charge is 0.466 e. The van der Waals surface area contributed by atoms with E-state index < -0.39 is 47.8 Å². The Bertz CT molecular complexity index is 609. The lowest BCUT2D eigenvalue weighted by Gasteiger charge is -2.19. The fraction of sp³-hybridized carbons (Fsp3) is 0.700. The molecule has 0 radical (unpaired) electrons. The Morgan fingerprint density at radius 3 is 1.16 bits per heavy atom. The van der Waals surface area contributed by atoms with Gasteiger partial charge in [-0.2, -0.15) is 0 Å². The maximum atomic E-state index is 12.3. The van der Waals surface area contributed by atoms with Crippen LogP contribution in [0.5, 0.6) is 0 Å². The topological polar surface area (TPSA) is 163 Å². The molecule has 2 amide bonds. The highest BCUT2D eigenvalue weighted by atomic mass is 16.5. The van der Waals surface area contributed by atoms with Crippen LogP contribution < -0.4 is 10.6 Å². The Hall–Kier alpha value is -3.18. The SMILES string of the molecule is CCOC(=O)CCC(NC(=O)C(=O)NC(CCC(=O)OCC)C(=O)OCC)C(=O)OCC. The zero-order valence-corrected chi connectivity index (χ0v) is 18.9. The number of amides is 2. The molecule has 0 aromatic rings. The summed E-state index contributed by atoms with van der Waals surface area (Å²) in [4.78, 5) is 71.9. The van der Waals surface area contributed by atoms with Gasteiger partial charge in [-0.05, 0) is 40.5 Å². The molecule has 0 rings (SSSR count). The zero-order chi connectivity index (χ0) is 24.5. The van der Waals surface area contributed by atoms with Crippen LogP contribution >= 0.6 is 0 Å². The number of ether oxygens (including phenoxy) is 4. The molecule has 2 N–H and O–H groups in total. The van der Waals surface area contributed by atoms with E-state index in [4.69, 9.17) is 18.9 Å². The first kappa shape index (κ1) is 28.8. The Labute approximate surface area is 186 Å². The van der Waals surface area contributed by atoms with Crippen molar-refractivity contribution < 1.29 is 47.7 Å². The smallest absolute Gasteiger partial charge is 0.328 e. The van der Waals surface area contributed by atoms with Crippen molar-refractivity contribution in [1.29, 1.82) is 0 Å². The second-order valence-electron chi connectivity index (χ2n) is 6.24. The van der Waals surface area contributed by atoms with Gasteiger partial charge in [0.2, 0.25) is 0 Å². The Balaban J connectivity index is 5.12. The molecule has 0 heterocycles. The van der Waals surface area contributed by atoms with Gasteiger partial charge in [-0.15, -0.1) is 0 Å². The Kier molecular flexibility index (Phi) is 14.9. The molecule has 0 saturated heterocycles. The molecule has 0 saturated carbocycles. The monoisotopic (exact) mass is 460 g/mol. The molecule has 182 valence electrons. The van der Waals surface area contributed by atoms with Crippen LogP contribution in [0.3, 0.4) is 0 Å². The van der Waals surface area contributed by atoms with Crippen molar-refractivity contribution >= 4 is 35.7 Å². The van der Waals surface area contributed by atoms with Crippen molar-refractivity contribution in [3.63, 3.8) is 0 Å². The first-order chi connectivity index (χ1) is 15.2. The number of carbonyl (C=O) groups excluding carboxylic acids is 6. The van der Waals surface area contributed by atoms with Gasteiger partial charge in [0, 0.05) is 12.8 Å². The standard InChI is InChI=1S/C20H32N2O10/c1-5-29-15(23)11-9-13(19(27)31-7-3)21-17(25)18(26)22-14(20(28)32-8-4)10-12-16(24)30-6-2/h13-14H,5-12H2,1-4H3,(H,21,25)(H,22,26). The molecule has 0 aromatic carbocycles. The summed E-state index contributed by atoms with van der Waals surface area (Å²) in [5, 5.41) is 4.37. The van der Waals surface area contributed by atoms with Crippen molar-refractivity contribution in [2.75, 3.05) is 26.4 Å². The van der Waals surface area contributed by atoms with Crippen LogP contribution in [-0.4, -0.2) is 74.2 Å². The predicted molar refractivity (Wildman–Crippen MR) is 109 cm³/mol. The van der Waals surface area contributed by atoms with Crippen molar-refractivity contribution in [3.05, 3.63) is 0 Å². The molecule has 32 heavy (non-hydrogen) atoms. The molecule has 2 atom stereocenters. The summed E-state index contributed by atoms with van der Waals surface area (Å²) in [6.07, 6.45) is -0.684. The highest BCUT2D eigenvalue weighted by molar-refractivity contribution is 6.35. The predicted octanol–water partition coefficient (Wildman–Crippen LogP) is -0.231. The first-order valence-corrected chi connectivity index (χ1v) is 10.5. The highest BCUT2D eigenvalue weighted by Gasteiger charge is 2.30. The van der Waals surface area contributed by atoms with Crippen molar-refractivity contribution in [2.45, 2.75) is 65.5 Å². The minimum Gasteiger partial charge on any atom is -0.466 e. The third kappa shape index (κ3) is 11.9. The molecule has 12 heteroatoms. The van der Waals surface area contributed by atoms with Gasteiger partial charge >= 0.3 is 35.7 Å². The molecule has 12 nitrogen and oxygen atoms in total. The number of carbonyl (C=O) groups is 6. The molecule has 0 fully saturated rings. The summed E-state index contributed by atoms with van der Waals surface area (Å²) in [6, 6.07) is -2.56. The van der Waals surface area contributed by atoms with Crippen molar-refractivity contribution in [1.82, 2.24) is 10.6 Å². The third-order valence-electron chi connectivity index (χ3n) is 3.84. The Morgan fingerprint density at radius 1 is 0.562 bits per heavy atom. The molecule has 0 aliphatic heterocycles. The van der Waals surface area contributed by atoms with Gasteiger partial charge in [-0.25, -0.2) is 9.59 Å². The van der Waals surface area contributed by atoms with Gasteiger partial charge in [0.15, 0.2) is 0 Å².